The fourth-order valence-corrected chi connectivity index (χ4v) is 2.50. The van der Waals surface area contributed by atoms with Gasteiger partial charge in [-0.15, -0.1) is 0 Å². The Morgan fingerprint density at radius 3 is 2.41 bits per heavy atom. The van der Waals surface area contributed by atoms with Crippen LogP contribution in [0, 0.1) is 0 Å². The number of benzene rings is 1. The molecule has 0 aliphatic rings. The summed E-state index contributed by atoms with van der Waals surface area (Å²) in [5.74, 6) is -1.12. The van der Waals surface area contributed by atoms with Crippen molar-refractivity contribution < 1.29 is 28.5 Å². The molecule has 0 N–H and O–H groups in total. The van der Waals surface area contributed by atoms with Crippen LogP contribution in [0.15, 0.2) is 24.3 Å². The maximum Gasteiger partial charge on any atom is 0.308 e. The Morgan fingerprint density at radius 2 is 1.74 bits per heavy atom. The molecule has 0 saturated heterocycles. The van der Waals surface area contributed by atoms with E-state index in [2.05, 4.69) is 0 Å². The molecule has 0 heterocycles. The molecule has 0 fully saturated rings. The van der Waals surface area contributed by atoms with E-state index in [4.69, 9.17) is 18.9 Å². The number of para-hydroxylation sites is 1. The number of hydrogen-bond donors (Lipinski definition) is 0. The third-order valence-electron chi connectivity index (χ3n) is 3.89. The topological polar surface area (TPSA) is 71.1 Å². The summed E-state index contributed by atoms with van der Waals surface area (Å²) in [6.07, 6.45) is 2.85. The van der Waals surface area contributed by atoms with Crippen molar-refractivity contribution in [2.75, 3.05) is 19.8 Å². The summed E-state index contributed by atoms with van der Waals surface area (Å²) >= 11 is 0. The molecule has 1 aromatic carbocycles. The Kier molecular flexibility index (Phi) is 10.5. The normalized spacial score (nSPS) is 12.9. The molecular weight excluding hydrogens is 348 g/mol. The molecule has 1 unspecified atom stereocenters. The molecule has 0 radical (unpaired) electrons. The van der Waals surface area contributed by atoms with Gasteiger partial charge in [0.25, 0.3) is 0 Å². The van der Waals surface area contributed by atoms with Gasteiger partial charge < -0.3 is 18.9 Å². The van der Waals surface area contributed by atoms with Gasteiger partial charge in [-0.05, 0) is 38.3 Å². The number of carbonyl (C=O) groups excluding carboxylic acids is 2. The molecule has 6 nitrogen and oxygen atoms in total. The molecule has 1 aromatic rings. The molecule has 0 saturated carbocycles. The number of rotatable bonds is 13. The molecule has 0 aliphatic carbocycles. The minimum Gasteiger partial charge on any atom is -0.493 e. The van der Waals surface area contributed by atoms with Crippen LogP contribution in [0.2, 0.25) is 0 Å². The zero-order valence-corrected chi connectivity index (χ0v) is 16.9. The third kappa shape index (κ3) is 7.99. The van der Waals surface area contributed by atoms with Crippen LogP contribution in [0.5, 0.6) is 5.75 Å². The fourth-order valence-electron chi connectivity index (χ4n) is 2.50. The number of unbranched alkanes of at least 4 members (excludes halogenated alkanes) is 1. The average molecular weight is 380 g/mol. The van der Waals surface area contributed by atoms with E-state index in [1.807, 2.05) is 31.2 Å². The first-order valence-corrected chi connectivity index (χ1v) is 9.70. The molecule has 0 spiro atoms. The van der Waals surface area contributed by atoms with Gasteiger partial charge >= 0.3 is 11.9 Å². The van der Waals surface area contributed by atoms with Crippen LogP contribution in [0.1, 0.15) is 65.4 Å². The van der Waals surface area contributed by atoms with Crippen LogP contribution in [0.25, 0.3) is 0 Å². The Bertz CT molecular complexity index is 586. The third-order valence-corrected chi connectivity index (χ3v) is 3.89. The maximum atomic E-state index is 11.9. The molecule has 6 heteroatoms. The highest BCUT2D eigenvalue weighted by Gasteiger charge is 2.34. The van der Waals surface area contributed by atoms with Gasteiger partial charge in [0.15, 0.2) is 0 Å². The number of carbonyl (C=O) groups is 2. The van der Waals surface area contributed by atoms with Crippen LogP contribution in [0.4, 0.5) is 0 Å². The summed E-state index contributed by atoms with van der Waals surface area (Å²) in [5, 5.41) is 0. The van der Waals surface area contributed by atoms with Crippen LogP contribution >= 0.6 is 0 Å². The highest BCUT2D eigenvalue weighted by molar-refractivity contribution is 5.69. The van der Waals surface area contributed by atoms with Crippen molar-refractivity contribution in [2.24, 2.45) is 0 Å². The van der Waals surface area contributed by atoms with Crippen LogP contribution in [-0.4, -0.2) is 31.8 Å². The SMILES string of the molecule is CCCOC(C)(OC(=O)CC)c1ccccc1OCCCCC(=O)OCC. The summed E-state index contributed by atoms with van der Waals surface area (Å²) in [6, 6.07) is 7.39. The number of esters is 2. The molecule has 1 atom stereocenters. The Hall–Kier alpha value is -2.08. The number of hydrogen-bond acceptors (Lipinski definition) is 6. The summed E-state index contributed by atoms with van der Waals surface area (Å²) in [5.41, 5.74) is 0.672. The summed E-state index contributed by atoms with van der Waals surface area (Å²) < 4.78 is 22.3. The lowest BCUT2D eigenvalue weighted by Crippen LogP contribution is -2.33. The van der Waals surface area contributed by atoms with E-state index < -0.39 is 5.79 Å². The lowest BCUT2D eigenvalue weighted by molar-refractivity contribution is -0.231. The largest absolute Gasteiger partial charge is 0.493 e. The zero-order valence-electron chi connectivity index (χ0n) is 16.9. The van der Waals surface area contributed by atoms with Crippen molar-refractivity contribution >= 4 is 11.9 Å². The van der Waals surface area contributed by atoms with Crippen molar-refractivity contribution in [2.45, 2.75) is 65.6 Å². The molecule has 0 bridgehead atoms. The van der Waals surface area contributed by atoms with Crippen molar-refractivity contribution in [3.05, 3.63) is 29.8 Å². The summed E-state index contributed by atoms with van der Waals surface area (Å²) in [6.45, 7) is 8.57. The minimum atomic E-state index is -1.20. The van der Waals surface area contributed by atoms with Crippen molar-refractivity contribution in [1.82, 2.24) is 0 Å². The second kappa shape index (κ2) is 12.3. The summed E-state index contributed by atoms with van der Waals surface area (Å²) in [7, 11) is 0. The van der Waals surface area contributed by atoms with E-state index in [1.165, 1.54) is 0 Å². The van der Waals surface area contributed by atoms with E-state index in [1.54, 1.807) is 20.8 Å². The van der Waals surface area contributed by atoms with Gasteiger partial charge in [-0.3, -0.25) is 9.59 Å². The van der Waals surface area contributed by atoms with Crippen molar-refractivity contribution in [3.8, 4) is 5.75 Å². The van der Waals surface area contributed by atoms with Gasteiger partial charge in [-0.1, -0.05) is 26.0 Å². The number of ether oxygens (including phenoxy) is 4. The second-order valence-electron chi connectivity index (χ2n) is 6.23. The van der Waals surface area contributed by atoms with Gasteiger partial charge in [-0.2, -0.15) is 0 Å². The smallest absolute Gasteiger partial charge is 0.308 e. The molecule has 0 amide bonds. The van der Waals surface area contributed by atoms with E-state index in [0.717, 1.165) is 6.42 Å². The lowest BCUT2D eigenvalue weighted by Gasteiger charge is -2.31. The monoisotopic (exact) mass is 380 g/mol. The Balaban J connectivity index is 2.76. The van der Waals surface area contributed by atoms with Crippen LogP contribution < -0.4 is 4.74 Å². The quantitative estimate of drug-likeness (QED) is 0.288. The average Bonchev–Trinajstić information content (AvgIpc) is 2.66. The zero-order chi connectivity index (χ0) is 20.1. The first-order chi connectivity index (χ1) is 13.0. The van der Waals surface area contributed by atoms with Gasteiger partial charge in [0, 0.05) is 19.8 Å². The molecule has 27 heavy (non-hydrogen) atoms. The van der Waals surface area contributed by atoms with Crippen molar-refractivity contribution in [3.63, 3.8) is 0 Å². The first-order valence-electron chi connectivity index (χ1n) is 9.70. The van der Waals surface area contributed by atoms with Gasteiger partial charge in [0.2, 0.25) is 5.79 Å². The van der Waals surface area contributed by atoms with E-state index in [9.17, 15) is 9.59 Å². The van der Waals surface area contributed by atoms with Gasteiger partial charge in [0.1, 0.15) is 5.75 Å². The maximum absolute atomic E-state index is 11.9. The lowest BCUT2D eigenvalue weighted by atomic mass is 10.1. The minimum absolute atomic E-state index is 0.190. The predicted octanol–water partition coefficient (Wildman–Crippen LogP) is 4.35. The van der Waals surface area contributed by atoms with E-state index in [-0.39, 0.29) is 18.4 Å². The Labute approximate surface area is 162 Å². The van der Waals surface area contributed by atoms with E-state index in [0.29, 0.717) is 50.4 Å². The highest BCUT2D eigenvalue weighted by atomic mass is 16.7. The summed E-state index contributed by atoms with van der Waals surface area (Å²) in [4.78, 5) is 23.3. The van der Waals surface area contributed by atoms with Gasteiger partial charge in [-0.25, -0.2) is 0 Å². The predicted molar refractivity (Wildman–Crippen MR) is 102 cm³/mol. The van der Waals surface area contributed by atoms with Crippen molar-refractivity contribution in [1.29, 1.82) is 0 Å². The van der Waals surface area contributed by atoms with Gasteiger partial charge in [0.05, 0.1) is 25.4 Å². The highest BCUT2D eigenvalue weighted by Crippen LogP contribution is 2.35. The fraction of sp³-hybridized carbons (Fsp3) is 0.619. The standard InChI is InChI=1S/C21H32O6/c1-5-15-26-21(4,27-19(22)6-2)17-12-8-9-13-18(17)25-16-11-10-14-20(23)24-7-3/h8-9,12-13H,5-7,10-11,14-16H2,1-4H3. The van der Waals surface area contributed by atoms with Crippen LogP contribution in [-0.2, 0) is 29.6 Å². The van der Waals surface area contributed by atoms with E-state index >= 15 is 0 Å². The molecule has 152 valence electrons. The Morgan fingerprint density at radius 1 is 1.00 bits per heavy atom. The van der Waals surface area contributed by atoms with Crippen LogP contribution in [0.3, 0.4) is 0 Å². The molecule has 0 aromatic heterocycles. The second-order valence-corrected chi connectivity index (χ2v) is 6.23. The molecular formula is C21H32O6. The first kappa shape index (κ1) is 23.0. The molecule has 1 rings (SSSR count). The molecule has 0 aliphatic heterocycles.